The molecule has 1 amide bonds. The molecule has 7 heteroatoms. The van der Waals surface area contributed by atoms with E-state index in [9.17, 15) is 10.1 Å². The molecule has 6 nitrogen and oxygen atoms in total. The van der Waals surface area contributed by atoms with Crippen molar-refractivity contribution in [3.8, 4) is 17.5 Å². The summed E-state index contributed by atoms with van der Waals surface area (Å²) in [6.07, 6.45) is 4.54. The number of aromatic nitrogens is 2. The minimum Gasteiger partial charge on any atom is -0.497 e. The summed E-state index contributed by atoms with van der Waals surface area (Å²) in [7, 11) is 1.64. The van der Waals surface area contributed by atoms with Crippen LogP contribution >= 0.6 is 11.8 Å². The summed E-state index contributed by atoms with van der Waals surface area (Å²) in [5.41, 5.74) is 2.09. The number of para-hydroxylation sites is 2. The van der Waals surface area contributed by atoms with E-state index in [0.29, 0.717) is 0 Å². The monoisotopic (exact) mass is 420 g/mol. The first-order chi connectivity index (χ1) is 14.6. The first-order valence-corrected chi connectivity index (χ1v) is 11.1. The highest BCUT2D eigenvalue weighted by molar-refractivity contribution is 7.99. The largest absolute Gasteiger partial charge is 0.497 e. The number of nitriles is 1. The maximum absolute atomic E-state index is 12.7. The summed E-state index contributed by atoms with van der Waals surface area (Å²) in [6, 6.07) is 18.0. The van der Waals surface area contributed by atoms with Crippen LogP contribution in [0.4, 0.5) is 0 Å². The second kappa shape index (κ2) is 8.80. The van der Waals surface area contributed by atoms with Gasteiger partial charge < -0.3 is 10.1 Å². The molecule has 0 radical (unpaired) electrons. The van der Waals surface area contributed by atoms with Crippen molar-refractivity contribution in [2.24, 2.45) is 0 Å². The fourth-order valence-electron chi connectivity index (χ4n) is 3.93. The summed E-state index contributed by atoms with van der Waals surface area (Å²) >= 11 is 1.38. The van der Waals surface area contributed by atoms with E-state index < -0.39 is 5.54 Å². The predicted octanol–water partition coefficient (Wildman–Crippen LogP) is 4.47. The third-order valence-electron chi connectivity index (χ3n) is 5.49. The van der Waals surface area contributed by atoms with E-state index in [4.69, 9.17) is 9.72 Å². The molecular weight excluding hydrogens is 396 g/mol. The first-order valence-electron chi connectivity index (χ1n) is 10.1. The maximum Gasteiger partial charge on any atom is 0.231 e. The van der Waals surface area contributed by atoms with Gasteiger partial charge in [-0.25, -0.2) is 4.98 Å². The number of nitrogens with zero attached hydrogens (tertiary/aromatic N) is 3. The molecule has 0 spiro atoms. The Hall–Kier alpha value is -2.98. The average molecular weight is 421 g/mol. The number of thioether (sulfide) groups is 1. The van der Waals surface area contributed by atoms with E-state index >= 15 is 0 Å². The summed E-state index contributed by atoms with van der Waals surface area (Å²) in [6.45, 7) is 0. The van der Waals surface area contributed by atoms with E-state index in [1.807, 2.05) is 53.1 Å². The van der Waals surface area contributed by atoms with Crippen molar-refractivity contribution < 1.29 is 9.53 Å². The molecular formula is C23H24N4O2S. The van der Waals surface area contributed by atoms with Crippen molar-refractivity contribution in [2.45, 2.75) is 42.8 Å². The molecule has 0 atom stereocenters. The normalized spacial score (nSPS) is 15.5. The molecule has 4 rings (SSSR count). The van der Waals surface area contributed by atoms with E-state index in [-0.39, 0.29) is 11.7 Å². The lowest BCUT2D eigenvalue weighted by Gasteiger charge is -2.31. The van der Waals surface area contributed by atoms with Gasteiger partial charge in [0, 0.05) is 5.69 Å². The molecule has 0 unspecified atom stereocenters. The summed E-state index contributed by atoms with van der Waals surface area (Å²) in [4.78, 5) is 17.4. The molecule has 154 valence electrons. The first kappa shape index (κ1) is 20.3. The van der Waals surface area contributed by atoms with Gasteiger partial charge >= 0.3 is 0 Å². The Morgan fingerprint density at radius 2 is 1.93 bits per heavy atom. The second-order valence-corrected chi connectivity index (χ2v) is 8.45. The highest BCUT2D eigenvalue weighted by atomic mass is 32.2. The Bertz CT molecular complexity index is 1080. The predicted molar refractivity (Wildman–Crippen MR) is 118 cm³/mol. The van der Waals surface area contributed by atoms with Crippen LogP contribution in [-0.4, -0.2) is 33.9 Å². The van der Waals surface area contributed by atoms with Gasteiger partial charge in [0.15, 0.2) is 5.16 Å². The lowest BCUT2D eigenvalue weighted by molar-refractivity contribution is -0.120. The van der Waals surface area contributed by atoms with Crippen LogP contribution in [0.2, 0.25) is 0 Å². The zero-order chi connectivity index (χ0) is 21.0. The average Bonchev–Trinajstić information content (AvgIpc) is 3.17. The van der Waals surface area contributed by atoms with Gasteiger partial charge in [0.1, 0.15) is 11.3 Å². The summed E-state index contributed by atoms with van der Waals surface area (Å²) in [5, 5.41) is 13.3. The minimum atomic E-state index is -0.716. The van der Waals surface area contributed by atoms with Gasteiger partial charge in [-0.1, -0.05) is 43.2 Å². The molecule has 30 heavy (non-hydrogen) atoms. The number of carbonyl (C=O) groups is 1. The molecule has 0 bridgehead atoms. The Morgan fingerprint density at radius 3 is 2.63 bits per heavy atom. The number of ether oxygens (including phenoxy) is 1. The Balaban J connectivity index is 1.56. The number of imidazole rings is 1. The molecule has 1 aliphatic rings. The second-order valence-electron chi connectivity index (χ2n) is 7.51. The number of hydrogen-bond acceptors (Lipinski definition) is 5. The lowest BCUT2D eigenvalue weighted by Crippen LogP contribution is -2.49. The van der Waals surface area contributed by atoms with Crippen molar-refractivity contribution in [3.05, 3.63) is 48.5 Å². The van der Waals surface area contributed by atoms with Gasteiger partial charge in [0.2, 0.25) is 5.91 Å². The van der Waals surface area contributed by atoms with E-state index in [1.54, 1.807) is 7.11 Å². The number of benzene rings is 2. The van der Waals surface area contributed by atoms with Crippen LogP contribution in [-0.2, 0) is 4.79 Å². The van der Waals surface area contributed by atoms with Crippen LogP contribution in [0, 0.1) is 11.3 Å². The Morgan fingerprint density at radius 1 is 1.20 bits per heavy atom. The van der Waals surface area contributed by atoms with Gasteiger partial charge in [0.05, 0.1) is 30.0 Å². The molecule has 1 saturated carbocycles. The summed E-state index contributed by atoms with van der Waals surface area (Å²) < 4.78 is 7.32. The van der Waals surface area contributed by atoms with Crippen LogP contribution in [0.15, 0.2) is 53.7 Å². The number of rotatable bonds is 6. The topological polar surface area (TPSA) is 79.9 Å². The van der Waals surface area contributed by atoms with E-state index in [0.717, 1.165) is 59.7 Å². The van der Waals surface area contributed by atoms with Gasteiger partial charge in [-0.3, -0.25) is 9.36 Å². The summed E-state index contributed by atoms with van der Waals surface area (Å²) in [5.74, 6) is 0.867. The highest BCUT2D eigenvalue weighted by Gasteiger charge is 2.33. The fourth-order valence-corrected chi connectivity index (χ4v) is 4.76. The van der Waals surface area contributed by atoms with Gasteiger partial charge in [-0.15, -0.1) is 0 Å². The number of carbonyl (C=O) groups excluding carboxylic acids is 1. The molecule has 1 fully saturated rings. The molecule has 0 aliphatic heterocycles. The maximum atomic E-state index is 12.7. The van der Waals surface area contributed by atoms with Crippen molar-refractivity contribution in [3.63, 3.8) is 0 Å². The number of hydrogen-bond donors (Lipinski definition) is 1. The van der Waals surface area contributed by atoms with Crippen molar-refractivity contribution >= 4 is 28.7 Å². The van der Waals surface area contributed by atoms with Crippen LogP contribution in [0.25, 0.3) is 16.7 Å². The van der Waals surface area contributed by atoms with Gasteiger partial charge in [-0.05, 0) is 49.2 Å². The zero-order valence-corrected chi connectivity index (χ0v) is 17.7. The number of amides is 1. The van der Waals surface area contributed by atoms with Crippen molar-refractivity contribution in [1.29, 1.82) is 5.26 Å². The van der Waals surface area contributed by atoms with Crippen LogP contribution in [0.3, 0.4) is 0 Å². The van der Waals surface area contributed by atoms with Crippen LogP contribution in [0.5, 0.6) is 5.75 Å². The smallest absolute Gasteiger partial charge is 0.231 e. The van der Waals surface area contributed by atoms with Gasteiger partial charge in [0.25, 0.3) is 0 Å². The third kappa shape index (κ3) is 4.14. The third-order valence-corrected chi connectivity index (χ3v) is 6.43. The van der Waals surface area contributed by atoms with Crippen molar-refractivity contribution in [1.82, 2.24) is 14.9 Å². The molecule has 3 aromatic rings. The molecule has 1 heterocycles. The molecule has 0 saturated heterocycles. The lowest BCUT2D eigenvalue weighted by atomic mass is 9.83. The Kier molecular flexibility index (Phi) is 5.96. The van der Waals surface area contributed by atoms with Crippen molar-refractivity contribution in [2.75, 3.05) is 12.9 Å². The number of methoxy groups -OCH3 is 1. The number of fused-ring (bicyclic) bond motifs is 1. The van der Waals surface area contributed by atoms with Crippen LogP contribution < -0.4 is 10.1 Å². The van der Waals surface area contributed by atoms with Gasteiger partial charge in [-0.2, -0.15) is 5.26 Å². The fraction of sp³-hybridized carbons (Fsp3) is 0.348. The molecule has 1 aliphatic carbocycles. The van der Waals surface area contributed by atoms with E-state index in [2.05, 4.69) is 11.4 Å². The Labute approximate surface area is 180 Å². The molecule has 1 aromatic heterocycles. The van der Waals surface area contributed by atoms with Crippen LogP contribution in [0.1, 0.15) is 32.1 Å². The quantitative estimate of drug-likeness (QED) is 0.595. The number of nitrogens with one attached hydrogen (secondary N) is 1. The molecule has 2 aromatic carbocycles. The zero-order valence-electron chi connectivity index (χ0n) is 16.9. The highest BCUT2D eigenvalue weighted by Crippen LogP contribution is 2.30. The molecule has 1 N–H and O–H groups in total. The minimum absolute atomic E-state index is 0.128. The standard InChI is InChI=1S/C23H24N4O2S/c1-29-18-11-9-17(10-12-18)27-20-8-4-3-7-19(20)25-22(27)30-15-21(28)26-23(16-24)13-5-2-6-14-23/h3-4,7-12H,2,5-6,13-15H2,1H3,(H,26,28). The SMILES string of the molecule is COc1ccc(-n2c(SCC(=O)NC3(C#N)CCCCC3)nc3ccccc32)cc1. The van der Waals surface area contributed by atoms with E-state index in [1.165, 1.54) is 11.8 Å².